The maximum absolute atomic E-state index is 4.70. The summed E-state index contributed by atoms with van der Waals surface area (Å²) in [5.74, 6) is 1.79. The third-order valence-corrected chi connectivity index (χ3v) is 3.93. The second-order valence-electron chi connectivity index (χ2n) is 4.86. The number of aromatic nitrogens is 3. The van der Waals surface area contributed by atoms with Gasteiger partial charge >= 0.3 is 0 Å². The standard InChI is InChI=1S/C15H19BrN4/c1-5-10-7-6-8-18-13(10)15-19-12(9(2)3)11(16)14(17-4)20-15/h6-9H,5H2,1-4H3,(H,17,19,20). The minimum Gasteiger partial charge on any atom is -0.372 e. The van der Waals surface area contributed by atoms with Gasteiger partial charge < -0.3 is 5.32 Å². The van der Waals surface area contributed by atoms with Gasteiger partial charge in [-0.25, -0.2) is 9.97 Å². The molecule has 5 heteroatoms. The molecule has 0 radical (unpaired) electrons. The molecule has 0 aliphatic rings. The van der Waals surface area contributed by atoms with Crippen molar-refractivity contribution in [2.75, 3.05) is 12.4 Å². The Labute approximate surface area is 128 Å². The number of aryl methyl sites for hydroxylation is 1. The lowest BCUT2D eigenvalue weighted by Crippen LogP contribution is -2.06. The van der Waals surface area contributed by atoms with Crippen LogP contribution in [0.1, 0.15) is 37.9 Å². The molecule has 4 nitrogen and oxygen atoms in total. The lowest BCUT2D eigenvalue weighted by molar-refractivity contribution is 0.808. The maximum Gasteiger partial charge on any atom is 0.180 e. The Morgan fingerprint density at radius 3 is 2.65 bits per heavy atom. The van der Waals surface area contributed by atoms with E-state index < -0.39 is 0 Å². The lowest BCUT2D eigenvalue weighted by Gasteiger charge is -2.14. The summed E-state index contributed by atoms with van der Waals surface area (Å²) in [6.07, 6.45) is 2.70. The van der Waals surface area contributed by atoms with Gasteiger partial charge in [0.1, 0.15) is 11.5 Å². The number of halogens is 1. The predicted molar refractivity (Wildman–Crippen MR) is 86.0 cm³/mol. The zero-order valence-electron chi connectivity index (χ0n) is 12.2. The van der Waals surface area contributed by atoms with Crippen LogP contribution in [0.4, 0.5) is 5.82 Å². The van der Waals surface area contributed by atoms with E-state index in [0.717, 1.165) is 33.7 Å². The van der Waals surface area contributed by atoms with Gasteiger partial charge in [0.05, 0.1) is 10.2 Å². The van der Waals surface area contributed by atoms with Gasteiger partial charge in [-0.3, -0.25) is 4.98 Å². The molecule has 0 unspecified atom stereocenters. The van der Waals surface area contributed by atoms with Crippen molar-refractivity contribution in [1.29, 1.82) is 0 Å². The summed E-state index contributed by atoms with van der Waals surface area (Å²) in [7, 11) is 1.86. The fourth-order valence-corrected chi connectivity index (χ4v) is 2.88. The van der Waals surface area contributed by atoms with Crippen molar-refractivity contribution in [3.8, 4) is 11.5 Å². The highest BCUT2D eigenvalue weighted by Crippen LogP contribution is 2.31. The van der Waals surface area contributed by atoms with Gasteiger partial charge in [-0.15, -0.1) is 0 Å². The minimum atomic E-state index is 0.312. The molecule has 0 aliphatic carbocycles. The van der Waals surface area contributed by atoms with Crippen molar-refractivity contribution in [3.05, 3.63) is 34.1 Å². The first kappa shape index (κ1) is 14.9. The minimum absolute atomic E-state index is 0.312. The third kappa shape index (κ3) is 2.82. The van der Waals surface area contributed by atoms with Crippen LogP contribution in [0.3, 0.4) is 0 Å². The molecule has 2 heterocycles. The molecule has 0 bridgehead atoms. The van der Waals surface area contributed by atoms with Crippen molar-refractivity contribution < 1.29 is 0 Å². The maximum atomic E-state index is 4.70. The molecule has 0 aliphatic heterocycles. The van der Waals surface area contributed by atoms with Gasteiger partial charge in [-0.1, -0.05) is 26.8 Å². The predicted octanol–water partition coefficient (Wildman–Crippen LogP) is 4.03. The molecule has 0 amide bonds. The second-order valence-corrected chi connectivity index (χ2v) is 5.66. The monoisotopic (exact) mass is 334 g/mol. The van der Waals surface area contributed by atoms with Crippen LogP contribution in [0, 0.1) is 0 Å². The van der Waals surface area contributed by atoms with E-state index in [4.69, 9.17) is 4.98 Å². The summed E-state index contributed by atoms with van der Waals surface area (Å²) in [6.45, 7) is 6.35. The van der Waals surface area contributed by atoms with Crippen LogP contribution in [-0.4, -0.2) is 22.0 Å². The van der Waals surface area contributed by atoms with Gasteiger partial charge in [0, 0.05) is 13.2 Å². The van der Waals surface area contributed by atoms with Crippen LogP contribution in [0.2, 0.25) is 0 Å². The zero-order chi connectivity index (χ0) is 14.7. The summed E-state index contributed by atoms with van der Waals surface area (Å²) < 4.78 is 0.924. The molecule has 0 fully saturated rings. The number of pyridine rings is 1. The van der Waals surface area contributed by atoms with E-state index in [-0.39, 0.29) is 0 Å². The van der Waals surface area contributed by atoms with Crippen molar-refractivity contribution in [1.82, 2.24) is 15.0 Å². The molecule has 106 valence electrons. The van der Waals surface area contributed by atoms with Crippen molar-refractivity contribution in [2.45, 2.75) is 33.1 Å². The largest absolute Gasteiger partial charge is 0.372 e. The molecule has 2 aromatic heterocycles. The van der Waals surface area contributed by atoms with Gasteiger partial charge in [0.15, 0.2) is 5.82 Å². The van der Waals surface area contributed by atoms with Gasteiger partial charge in [0.25, 0.3) is 0 Å². The third-order valence-electron chi connectivity index (χ3n) is 3.14. The molecule has 2 aromatic rings. The van der Waals surface area contributed by atoms with Crippen molar-refractivity contribution >= 4 is 21.7 Å². The van der Waals surface area contributed by atoms with E-state index in [1.807, 2.05) is 13.1 Å². The quantitative estimate of drug-likeness (QED) is 0.917. The summed E-state index contributed by atoms with van der Waals surface area (Å²) in [5.41, 5.74) is 3.01. The number of hydrogen-bond donors (Lipinski definition) is 1. The Morgan fingerprint density at radius 2 is 2.05 bits per heavy atom. The first-order valence-electron chi connectivity index (χ1n) is 6.77. The highest BCUT2D eigenvalue weighted by atomic mass is 79.9. The van der Waals surface area contributed by atoms with E-state index in [9.17, 15) is 0 Å². The smallest absolute Gasteiger partial charge is 0.180 e. The average molecular weight is 335 g/mol. The number of anilines is 1. The van der Waals surface area contributed by atoms with Crippen molar-refractivity contribution in [3.63, 3.8) is 0 Å². The van der Waals surface area contributed by atoms with Crippen LogP contribution in [0.5, 0.6) is 0 Å². The first-order valence-corrected chi connectivity index (χ1v) is 7.57. The van der Waals surface area contributed by atoms with E-state index in [2.05, 4.69) is 58.1 Å². The molecule has 0 spiro atoms. The summed E-state index contributed by atoms with van der Waals surface area (Å²) in [5, 5.41) is 3.11. The summed E-state index contributed by atoms with van der Waals surface area (Å²) in [6, 6.07) is 4.02. The topological polar surface area (TPSA) is 50.7 Å². The second kappa shape index (κ2) is 6.31. The van der Waals surface area contributed by atoms with Gasteiger partial charge in [0.2, 0.25) is 0 Å². The fourth-order valence-electron chi connectivity index (χ4n) is 2.04. The SMILES string of the molecule is CCc1cccnc1-c1nc(NC)c(Br)c(C(C)C)n1. The Balaban J connectivity index is 2.65. The van der Waals surface area contributed by atoms with Crippen LogP contribution in [-0.2, 0) is 6.42 Å². The number of hydrogen-bond acceptors (Lipinski definition) is 4. The number of nitrogens with zero attached hydrogens (tertiary/aromatic N) is 3. The van der Waals surface area contributed by atoms with Gasteiger partial charge in [-0.05, 0) is 39.9 Å². The lowest BCUT2D eigenvalue weighted by atomic mass is 10.1. The van der Waals surface area contributed by atoms with Crippen molar-refractivity contribution in [2.24, 2.45) is 0 Å². The van der Waals surface area contributed by atoms with Gasteiger partial charge in [-0.2, -0.15) is 0 Å². The fraction of sp³-hybridized carbons (Fsp3) is 0.400. The van der Waals surface area contributed by atoms with Crippen LogP contribution >= 0.6 is 15.9 Å². The molecule has 0 saturated heterocycles. The highest BCUT2D eigenvalue weighted by molar-refractivity contribution is 9.10. The summed E-state index contributed by atoms with van der Waals surface area (Å²) in [4.78, 5) is 13.7. The number of nitrogens with one attached hydrogen (secondary N) is 1. The van der Waals surface area contributed by atoms with Crippen LogP contribution in [0.25, 0.3) is 11.5 Å². The molecule has 20 heavy (non-hydrogen) atoms. The van der Waals surface area contributed by atoms with E-state index >= 15 is 0 Å². The van der Waals surface area contributed by atoms with Crippen LogP contribution < -0.4 is 5.32 Å². The zero-order valence-corrected chi connectivity index (χ0v) is 13.8. The Bertz CT molecular complexity index is 611. The summed E-state index contributed by atoms with van der Waals surface area (Å²) >= 11 is 3.58. The highest BCUT2D eigenvalue weighted by Gasteiger charge is 2.17. The Morgan fingerprint density at radius 1 is 1.30 bits per heavy atom. The Kier molecular flexibility index (Phi) is 4.70. The molecule has 0 saturated carbocycles. The average Bonchev–Trinajstić information content (AvgIpc) is 2.47. The normalized spacial score (nSPS) is 10.9. The first-order chi connectivity index (χ1) is 9.58. The number of rotatable bonds is 4. The molecular weight excluding hydrogens is 316 g/mol. The molecule has 2 rings (SSSR count). The van der Waals surface area contributed by atoms with E-state index in [0.29, 0.717) is 11.7 Å². The molecule has 0 atom stereocenters. The Hall–Kier alpha value is -1.49. The van der Waals surface area contributed by atoms with Crippen LogP contribution in [0.15, 0.2) is 22.8 Å². The molecule has 1 N–H and O–H groups in total. The molecule has 0 aromatic carbocycles. The van der Waals surface area contributed by atoms with E-state index in [1.54, 1.807) is 6.20 Å². The molecular formula is C15H19BrN4. The van der Waals surface area contributed by atoms with E-state index in [1.165, 1.54) is 0 Å².